The van der Waals surface area contributed by atoms with Crippen LogP contribution < -0.4 is 11.2 Å². The second kappa shape index (κ2) is 8.18. The lowest BCUT2D eigenvalue weighted by molar-refractivity contribution is 0.391. The number of rotatable bonds is 4. The molecule has 4 rings (SSSR count). The zero-order chi connectivity index (χ0) is 23.2. The predicted molar refractivity (Wildman–Crippen MR) is 123 cm³/mol. The molecule has 3 heterocycles. The van der Waals surface area contributed by atoms with Crippen molar-refractivity contribution in [1.29, 1.82) is 0 Å². The molecule has 0 unspecified atom stereocenters. The maximum atomic E-state index is 12.9. The summed E-state index contributed by atoms with van der Waals surface area (Å²) in [6.45, 7) is 5.91. The summed E-state index contributed by atoms with van der Waals surface area (Å²) >= 11 is 7.32. The molecule has 9 nitrogen and oxygen atoms in total. The van der Waals surface area contributed by atoms with Crippen LogP contribution in [0.25, 0.3) is 22.4 Å². The summed E-state index contributed by atoms with van der Waals surface area (Å²) in [4.78, 5) is 39.0. The summed E-state index contributed by atoms with van der Waals surface area (Å²) in [5, 5.41) is 5.33. The zero-order valence-corrected chi connectivity index (χ0v) is 19.8. The summed E-state index contributed by atoms with van der Waals surface area (Å²) in [7, 11) is 3.03. The second-order valence-electron chi connectivity index (χ2n) is 8.32. The largest absolute Gasteiger partial charge is 0.338 e. The van der Waals surface area contributed by atoms with Crippen molar-refractivity contribution in [2.24, 2.45) is 14.1 Å². The fourth-order valence-corrected chi connectivity index (χ4v) is 4.10. The van der Waals surface area contributed by atoms with Crippen LogP contribution in [-0.4, -0.2) is 29.2 Å². The van der Waals surface area contributed by atoms with Crippen molar-refractivity contribution in [3.8, 4) is 11.4 Å². The summed E-state index contributed by atoms with van der Waals surface area (Å²) in [5.74, 6) is 1.61. The molecule has 0 N–H and O–H groups in total. The molecule has 0 atom stereocenters. The lowest BCUT2D eigenvalue weighted by Gasteiger charge is -2.19. The molecule has 0 aliphatic carbocycles. The number of aryl methyl sites for hydroxylation is 1. The smallest absolute Gasteiger partial charge is 0.332 e. The Kier molecular flexibility index (Phi) is 5.68. The van der Waals surface area contributed by atoms with Gasteiger partial charge in [-0.25, -0.2) is 14.8 Å². The maximum absolute atomic E-state index is 12.9. The molecule has 0 aliphatic rings. The van der Waals surface area contributed by atoms with Gasteiger partial charge in [-0.15, -0.1) is 0 Å². The highest BCUT2D eigenvalue weighted by Gasteiger charge is 2.24. The van der Waals surface area contributed by atoms with Crippen LogP contribution in [0.1, 0.15) is 32.5 Å². The summed E-state index contributed by atoms with van der Waals surface area (Å²) < 4.78 is 7.79. The predicted octanol–water partition coefficient (Wildman–Crippen LogP) is 3.32. The van der Waals surface area contributed by atoms with E-state index in [1.807, 2.05) is 32.9 Å². The Morgan fingerprint density at radius 3 is 2.53 bits per heavy atom. The van der Waals surface area contributed by atoms with Gasteiger partial charge in [0.05, 0.1) is 5.75 Å². The highest BCUT2D eigenvalue weighted by Crippen LogP contribution is 2.29. The van der Waals surface area contributed by atoms with E-state index in [2.05, 4.69) is 20.1 Å². The first-order chi connectivity index (χ1) is 15.1. The summed E-state index contributed by atoms with van der Waals surface area (Å²) in [6.07, 6.45) is 0. The SMILES string of the molecule is Cn1c(=O)c2c(SCc3nc(-c4cccc(Cl)c4)no3)nc(C(C)(C)C)nc2n(C)c1=O. The molecular formula is C21H21ClN6O3S. The number of nitrogens with zero attached hydrogens (tertiary/aromatic N) is 6. The number of fused-ring (bicyclic) bond motifs is 1. The van der Waals surface area contributed by atoms with Gasteiger partial charge in [0.15, 0.2) is 5.65 Å². The Morgan fingerprint density at radius 2 is 1.84 bits per heavy atom. The minimum absolute atomic E-state index is 0.280. The minimum Gasteiger partial charge on any atom is -0.338 e. The lowest BCUT2D eigenvalue weighted by atomic mass is 9.96. The van der Waals surface area contributed by atoms with Gasteiger partial charge >= 0.3 is 5.69 Å². The van der Waals surface area contributed by atoms with Crippen molar-refractivity contribution in [3.63, 3.8) is 0 Å². The molecule has 0 fully saturated rings. The van der Waals surface area contributed by atoms with E-state index in [4.69, 9.17) is 16.1 Å². The van der Waals surface area contributed by atoms with Crippen LogP contribution in [0.5, 0.6) is 0 Å². The normalized spacial score (nSPS) is 11.9. The topological polar surface area (TPSA) is 109 Å². The summed E-state index contributed by atoms with van der Waals surface area (Å²) in [6, 6.07) is 7.17. The van der Waals surface area contributed by atoms with Gasteiger partial charge in [-0.1, -0.05) is 61.4 Å². The molecule has 0 bridgehead atoms. The Bertz CT molecular complexity index is 1450. The van der Waals surface area contributed by atoms with Gasteiger partial charge in [0.1, 0.15) is 16.2 Å². The maximum Gasteiger partial charge on any atom is 0.332 e. The highest BCUT2D eigenvalue weighted by molar-refractivity contribution is 7.98. The lowest BCUT2D eigenvalue weighted by Crippen LogP contribution is -2.38. The molecule has 0 saturated carbocycles. The number of hydrogen-bond donors (Lipinski definition) is 0. The Morgan fingerprint density at radius 1 is 1.09 bits per heavy atom. The molecule has 0 amide bonds. The molecule has 166 valence electrons. The van der Waals surface area contributed by atoms with Crippen LogP contribution in [0.4, 0.5) is 0 Å². The van der Waals surface area contributed by atoms with E-state index in [0.717, 1.165) is 10.1 Å². The van der Waals surface area contributed by atoms with Crippen molar-refractivity contribution in [1.82, 2.24) is 29.2 Å². The molecule has 3 aromatic heterocycles. The Balaban J connectivity index is 1.76. The zero-order valence-electron chi connectivity index (χ0n) is 18.2. The van der Waals surface area contributed by atoms with E-state index in [1.165, 1.54) is 23.4 Å². The Hall–Kier alpha value is -2.98. The molecule has 32 heavy (non-hydrogen) atoms. The van der Waals surface area contributed by atoms with E-state index in [9.17, 15) is 9.59 Å². The van der Waals surface area contributed by atoms with Crippen LogP contribution in [0.15, 0.2) is 43.4 Å². The Labute approximate surface area is 192 Å². The van der Waals surface area contributed by atoms with E-state index < -0.39 is 11.2 Å². The molecule has 1 aromatic carbocycles. The monoisotopic (exact) mass is 472 g/mol. The van der Waals surface area contributed by atoms with E-state index in [-0.39, 0.29) is 16.6 Å². The third-order valence-corrected chi connectivity index (χ3v) is 6.02. The average Bonchev–Trinajstić information content (AvgIpc) is 3.22. The fraction of sp³-hybridized carbons (Fsp3) is 0.333. The third kappa shape index (κ3) is 4.07. The van der Waals surface area contributed by atoms with Gasteiger partial charge < -0.3 is 4.52 Å². The molecule has 11 heteroatoms. The van der Waals surface area contributed by atoms with Crippen molar-refractivity contribution in [2.45, 2.75) is 37.0 Å². The third-order valence-electron chi connectivity index (χ3n) is 4.82. The molecule has 4 aromatic rings. The quantitative estimate of drug-likeness (QED) is 0.328. The van der Waals surface area contributed by atoms with E-state index in [0.29, 0.717) is 33.2 Å². The van der Waals surface area contributed by atoms with Crippen molar-refractivity contribution >= 4 is 34.4 Å². The minimum atomic E-state index is -0.448. The average molecular weight is 473 g/mol. The van der Waals surface area contributed by atoms with E-state index in [1.54, 1.807) is 19.2 Å². The molecule has 0 aliphatic heterocycles. The first-order valence-corrected chi connectivity index (χ1v) is 11.1. The van der Waals surface area contributed by atoms with Crippen molar-refractivity contribution in [2.75, 3.05) is 0 Å². The van der Waals surface area contributed by atoms with Crippen molar-refractivity contribution < 1.29 is 4.52 Å². The van der Waals surface area contributed by atoms with Gasteiger partial charge in [-0.05, 0) is 12.1 Å². The van der Waals surface area contributed by atoms with Gasteiger partial charge in [-0.2, -0.15) is 4.98 Å². The van der Waals surface area contributed by atoms with Crippen LogP contribution in [-0.2, 0) is 25.3 Å². The van der Waals surface area contributed by atoms with Crippen LogP contribution in [0.3, 0.4) is 0 Å². The standard InChI is InChI=1S/C21H21ClN6O3S/c1-21(2,3)19-24-16-14(18(29)28(5)20(30)27(16)4)17(25-19)32-10-13-23-15(26-31-13)11-7-6-8-12(22)9-11/h6-9H,10H2,1-5H3. The first-order valence-electron chi connectivity index (χ1n) is 9.76. The molecule has 0 radical (unpaired) electrons. The number of benzene rings is 1. The summed E-state index contributed by atoms with van der Waals surface area (Å²) in [5.41, 5.74) is -0.240. The number of halogens is 1. The number of aromatic nitrogens is 6. The van der Waals surface area contributed by atoms with Gasteiger partial charge in [0.25, 0.3) is 5.56 Å². The second-order valence-corrected chi connectivity index (χ2v) is 9.72. The number of hydrogen-bond acceptors (Lipinski definition) is 8. The van der Waals surface area contributed by atoms with Crippen LogP contribution in [0, 0.1) is 0 Å². The first kappa shape index (κ1) is 22.2. The highest BCUT2D eigenvalue weighted by atomic mass is 35.5. The van der Waals surface area contributed by atoms with Gasteiger partial charge in [0.2, 0.25) is 11.7 Å². The van der Waals surface area contributed by atoms with Crippen molar-refractivity contribution in [3.05, 3.63) is 61.8 Å². The fourth-order valence-electron chi connectivity index (χ4n) is 3.06. The van der Waals surface area contributed by atoms with Crippen LogP contribution in [0.2, 0.25) is 5.02 Å². The van der Waals surface area contributed by atoms with E-state index >= 15 is 0 Å². The number of thioether (sulfide) groups is 1. The molecule has 0 spiro atoms. The van der Waals surface area contributed by atoms with Crippen LogP contribution >= 0.6 is 23.4 Å². The van der Waals surface area contributed by atoms with Gasteiger partial charge in [0, 0.05) is 30.1 Å². The molecular weight excluding hydrogens is 452 g/mol. The van der Waals surface area contributed by atoms with Gasteiger partial charge in [-0.3, -0.25) is 13.9 Å². The molecule has 0 saturated heterocycles.